The van der Waals surface area contributed by atoms with Gasteiger partial charge in [0.1, 0.15) is 11.2 Å². The molecule has 4 aliphatic carbocycles. The SMILES string of the molecule is CC1(C)c2ccccc2-c2ccc(N(C3=CCC4C(=C3)C3(c5ccccc5-c5ccccc53)c3ccccc34)c3ccc4oc5cc6ccccc6cc5c4c3-c3ccccc3)cc21. The van der Waals surface area contributed by atoms with Crippen LogP contribution in [0.1, 0.15) is 59.6 Å². The minimum atomic E-state index is -0.408. The minimum absolute atomic E-state index is 0.166. The largest absolute Gasteiger partial charge is 0.456 e. The van der Waals surface area contributed by atoms with Gasteiger partial charge in [-0.2, -0.15) is 0 Å². The molecule has 9 aromatic carbocycles. The quantitative estimate of drug-likeness (QED) is 0.176. The number of rotatable bonds is 4. The molecule has 0 bridgehead atoms. The highest BCUT2D eigenvalue weighted by Crippen LogP contribution is 2.66. The van der Waals surface area contributed by atoms with Crippen LogP contribution >= 0.6 is 0 Å². The Labute approximate surface area is 373 Å². The molecule has 2 nitrogen and oxygen atoms in total. The van der Waals surface area contributed by atoms with Crippen LogP contribution in [0.5, 0.6) is 0 Å². The van der Waals surface area contributed by atoms with Gasteiger partial charge >= 0.3 is 0 Å². The zero-order chi connectivity index (χ0) is 42.3. The molecule has 0 radical (unpaired) electrons. The lowest BCUT2D eigenvalue weighted by atomic mass is 9.68. The lowest BCUT2D eigenvalue weighted by Crippen LogP contribution is -2.29. The number of allylic oxidation sites excluding steroid dienone is 3. The molecule has 1 atom stereocenters. The summed E-state index contributed by atoms with van der Waals surface area (Å²) in [5, 5.41) is 4.64. The Morgan fingerprint density at radius 1 is 0.516 bits per heavy atom. The maximum Gasteiger partial charge on any atom is 0.136 e. The molecule has 0 aliphatic heterocycles. The maximum absolute atomic E-state index is 6.81. The molecule has 14 rings (SSSR count). The van der Waals surface area contributed by atoms with Gasteiger partial charge in [-0.25, -0.2) is 0 Å². The fourth-order valence-corrected chi connectivity index (χ4v) is 12.5. The van der Waals surface area contributed by atoms with E-state index in [0.717, 1.165) is 50.9 Å². The number of hydrogen-bond donors (Lipinski definition) is 0. The van der Waals surface area contributed by atoms with Crippen molar-refractivity contribution < 1.29 is 4.42 Å². The van der Waals surface area contributed by atoms with Crippen molar-refractivity contribution in [3.63, 3.8) is 0 Å². The number of fused-ring (bicyclic) bond motifs is 17. The number of benzene rings is 9. The molecule has 1 unspecified atom stereocenters. The average Bonchev–Trinajstić information content (AvgIpc) is 4.03. The summed E-state index contributed by atoms with van der Waals surface area (Å²) < 4.78 is 6.81. The summed E-state index contributed by atoms with van der Waals surface area (Å²) in [6.45, 7) is 4.77. The molecule has 0 amide bonds. The second-order valence-electron chi connectivity index (χ2n) is 18.7. The first-order chi connectivity index (χ1) is 31.5. The van der Waals surface area contributed by atoms with Crippen LogP contribution in [0.25, 0.3) is 66.1 Å². The van der Waals surface area contributed by atoms with Gasteiger partial charge in [0.15, 0.2) is 0 Å². The average molecular weight is 818 g/mol. The highest BCUT2D eigenvalue weighted by atomic mass is 16.3. The van der Waals surface area contributed by atoms with Crippen molar-refractivity contribution in [1.29, 1.82) is 0 Å². The summed E-state index contributed by atoms with van der Waals surface area (Å²) in [6, 6.07) is 72.4. The Balaban J connectivity index is 1.07. The van der Waals surface area contributed by atoms with Crippen molar-refractivity contribution in [2.24, 2.45) is 0 Å². The van der Waals surface area contributed by atoms with Crippen molar-refractivity contribution in [3.8, 4) is 33.4 Å². The van der Waals surface area contributed by atoms with E-state index in [1.807, 2.05) is 0 Å². The molecule has 2 heteroatoms. The van der Waals surface area contributed by atoms with E-state index < -0.39 is 5.41 Å². The molecule has 302 valence electrons. The van der Waals surface area contributed by atoms with Gasteiger partial charge in [0.25, 0.3) is 0 Å². The van der Waals surface area contributed by atoms with Crippen LogP contribution in [0.15, 0.2) is 222 Å². The van der Waals surface area contributed by atoms with Crippen LogP contribution in [-0.4, -0.2) is 0 Å². The van der Waals surface area contributed by atoms with E-state index in [1.54, 1.807) is 0 Å². The molecular formula is C62H43NO. The maximum atomic E-state index is 6.81. The fourth-order valence-electron chi connectivity index (χ4n) is 12.5. The standard InChI is InChI=1S/C62H43NO/c1-61(2)50-24-12-8-20-43(50)47-30-28-41(36-54(47)61)63(56-32-33-57-60(59(56)38-16-4-3-5-17-38)49-34-39-18-6-7-19-40(39)35-58(49)64-57)42-29-31-48-46-23-11-15-27-53(46)62(55(48)37-42)51-25-13-9-21-44(51)45-22-10-14-26-52(45)62/h3-30,32-37,48H,31H2,1-2H3. The van der Waals surface area contributed by atoms with Crippen molar-refractivity contribution in [1.82, 2.24) is 0 Å². The Morgan fingerprint density at radius 2 is 1.12 bits per heavy atom. The van der Waals surface area contributed by atoms with Gasteiger partial charge in [0.2, 0.25) is 0 Å². The van der Waals surface area contributed by atoms with Crippen molar-refractivity contribution in [2.45, 2.75) is 37.0 Å². The van der Waals surface area contributed by atoms with Crippen LogP contribution in [0.3, 0.4) is 0 Å². The van der Waals surface area contributed by atoms with Gasteiger partial charge in [-0.3, -0.25) is 0 Å². The van der Waals surface area contributed by atoms with Crippen molar-refractivity contribution in [2.75, 3.05) is 4.90 Å². The van der Waals surface area contributed by atoms with Gasteiger partial charge in [0, 0.05) is 39.1 Å². The van der Waals surface area contributed by atoms with Gasteiger partial charge in [-0.05, 0) is 126 Å². The summed E-state index contributed by atoms with van der Waals surface area (Å²) in [6.07, 6.45) is 6.00. The molecule has 0 saturated heterocycles. The molecule has 4 aliphatic rings. The van der Waals surface area contributed by atoms with Crippen molar-refractivity contribution >= 4 is 44.1 Å². The van der Waals surface area contributed by atoms with Crippen LogP contribution in [0.2, 0.25) is 0 Å². The zero-order valence-electron chi connectivity index (χ0n) is 35.8. The molecule has 0 fully saturated rings. The van der Waals surface area contributed by atoms with Crippen LogP contribution in [-0.2, 0) is 10.8 Å². The van der Waals surface area contributed by atoms with E-state index >= 15 is 0 Å². The summed E-state index contributed by atoms with van der Waals surface area (Å²) in [7, 11) is 0. The lowest BCUT2D eigenvalue weighted by molar-refractivity contribution is 0.660. The Morgan fingerprint density at radius 3 is 1.88 bits per heavy atom. The second kappa shape index (κ2) is 12.9. The molecule has 1 heterocycles. The van der Waals surface area contributed by atoms with E-state index in [4.69, 9.17) is 4.42 Å². The Kier molecular flexibility index (Phi) is 7.25. The van der Waals surface area contributed by atoms with Gasteiger partial charge in [-0.15, -0.1) is 0 Å². The van der Waals surface area contributed by atoms with Crippen LogP contribution in [0.4, 0.5) is 11.4 Å². The molecule has 1 aromatic heterocycles. The molecular weight excluding hydrogens is 775 g/mol. The number of nitrogens with zero attached hydrogens (tertiary/aromatic N) is 1. The number of anilines is 2. The summed E-state index contributed by atoms with van der Waals surface area (Å²) in [5.74, 6) is 0.247. The molecule has 1 spiro atoms. The summed E-state index contributed by atoms with van der Waals surface area (Å²) in [4.78, 5) is 2.58. The van der Waals surface area contributed by atoms with E-state index in [-0.39, 0.29) is 11.3 Å². The molecule has 0 N–H and O–H groups in total. The third-order valence-corrected chi connectivity index (χ3v) is 15.2. The van der Waals surface area contributed by atoms with E-state index in [0.29, 0.717) is 0 Å². The summed E-state index contributed by atoms with van der Waals surface area (Å²) >= 11 is 0. The van der Waals surface area contributed by atoms with Gasteiger partial charge in [0.05, 0.1) is 11.1 Å². The smallest absolute Gasteiger partial charge is 0.136 e. The Hall–Kier alpha value is -7.68. The summed E-state index contributed by atoms with van der Waals surface area (Å²) in [5.41, 5.74) is 22.1. The zero-order valence-corrected chi connectivity index (χ0v) is 35.8. The van der Waals surface area contributed by atoms with Crippen LogP contribution < -0.4 is 4.90 Å². The van der Waals surface area contributed by atoms with Gasteiger partial charge < -0.3 is 9.32 Å². The van der Waals surface area contributed by atoms with Gasteiger partial charge in [-0.1, -0.05) is 178 Å². The highest BCUT2D eigenvalue weighted by Gasteiger charge is 2.55. The monoisotopic (exact) mass is 817 g/mol. The first-order valence-electron chi connectivity index (χ1n) is 22.7. The predicted octanol–water partition coefficient (Wildman–Crippen LogP) is 16.2. The molecule has 64 heavy (non-hydrogen) atoms. The van der Waals surface area contributed by atoms with E-state index in [2.05, 4.69) is 225 Å². The third-order valence-electron chi connectivity index (χ3n) is 15.2. The van der Waals surface area contributed by atoms with E-state index in [9.17, 15) is 0 Å². The minimum Gasteiger partial charge on any atom is -0.456 e. The third kappa shape index (κ3) is 4.65. The fraction of sp³-hybridized carbons (Fsp3) is 0.0968. The van der Waals surface area contributed by atoms with E-state index in [1.165, 1.54) is 77.7 Å². The first kappa shape index (κ1) is 35.9. The number of hydrogen-bond acceptors (Lipinski definition) is 2. The highest BCUT2D eigenvalue weighted by molar-refractivity contribution is 6.18. The lowest BCUT2D eigenvalue weighted by Gasteiger charge is -2.36. The molecule has 0 saturated carbocycles. The first-order valence-corrected chi connectivity index (χ1v) is 22.7. The molecule has 10 aromatic rings. The predicted molar refractivity (Wildman–Crippen MR) is 265 cm³/mol. The van der Waals surface area contributed by atoms with Crippen molar-refractivity contribution in [3.05, 3.63) is 251 Å². The topological polar surface area (TPSA) is 16.4 Å². The second-order valence-corrected chi connectivity index (χ2v) is 18.7. The van der Waals surface area contributed by atoms with Crippen LogP contribution in [0, 0.1) is 0 Å². The normalized spacial score (nSPS) is 16.8. The Bertz CT molecular complexity index is 3650. The number of furan rings is 1.